The Labute approximate surface area is 183 Å². The van der Waals surface area contributed by atoms with Gasteiger partial charge in [-0.05, 0) is 45.1 Å². The van der Waals surface area contributed by atoms with E-state index in [1.165, 1.54) is 0 Å². The first-order valence-electron chi connectivity index (χ1n) is 11.2. The first-order chi connectivity index (χ1) is 14.6. The molecule has 3 saturated heterocycles. The van der Waals surface area contributed by atoms with Crippen LogP contribution >= 0.6 is 0 Å². The number of fused-ring (bicyclic) bond motifs is 1. The fourth-order valence-corrected chi connectivity index (χ4v) is 5.93. The van der Waals surface area contributed by atoms with Crippen LogP contribution in [0.5, 0.6) is 0 Å². The van der Waals surface area contributed by atoms with E-state index < -0.39 is 11.1 Å². The first kappa shape index (κ1) is 21.8. The average molecular weight is 428 g/mol. The monoisotopic (exact) mass is 427 g/mol. The molecule has 168 valence electrons. The number of esters is 1. The van der Waals surface area contributed by atoms with Gasteiger partial charge in [-0.3, -0.25) is 14.4 Å². The summed E-state index contributed by atoms with van der Waals surface area (Å²) in [5, 5.41) is 6.63. The summed E-state index contributed by atoms with van der Waals surface area (Å²) in [5.41, 5.74) is -0.417. The van der Waals surface area contributed by atoms with E-state index in [2.05, 4.69) is 10.6 Å². The predicted molar refractivity (Wildman–Crippen MR) is 116 cm³/mol. The van der Waals surface area contributed by atoms with Crippen molar-refractivity contribution in [2.45, 2.75) is 63.8 Å². The maximum Gasteiger partial charge on any atom is 0.306 e. The number of benzene rings is 1. The molecule has 0 aromatic heterocycles. The van der Waals surface area contributed by atoms with E-state index in [0.717, 1.165) is 5.56 Å². The summed E-state index contributed by atoms with van der Waals surface area (Å²) in [6.07, 6.45) is 1.47. The van der Waals surface area contributed by atoms with Crippen LogP contribution in [0.25, 0.3) is 0 Å². The first-order valence-corrected chi connectivity index (χ1v) is 11.2. The Morgan fingerprint density at radius 1 is 1.26 bits per heavy atom. The molecule has 5 rings (SSSR count). The molecule has 1 aromatic rings. The lowest BCUT2D eigenvalue weighted by molar-refractivity contribution is -0.175. The van der Waals surface area contributed by atoms with Crippen molar-refractivity contribution in [3.8, 4) is 0 Å². The van der Waals surface area contributed by atoms with Gasteiger partial charge in [0, 0.05) is 44.4 Å². The molecule has 4 fully saturated rings. The molecule has 1 aliphatic carbocycles. The molecule has 5 atom stereocenters. The number of amides is 2. The third-order valence-corrected chi connectivity index (χ3v) is 7.13. The van der Waals surface area contributed by atoms with Gasteiger partial charge in [0.15, 0.2) is 0 Å². The molecule has 2 N–H and O–H groups in total. The van der Waals surface area contributed by atoms with E-state index >= 15 is 0 Å². The molecule has 4 aliphatic rings. The van der Waals surface area contributed by atoms with E-state index in [1.807, 2.05) is 51.1 Å². The molecule has 4 bridgehead atoms. The molecule has 31 heavy (non-hydrogen) atoms. The van der Waals surface area contributed by atoms with Crippen LogP contribution in [0.15, 0.2) is 30.3 Å². The Kier molecular flexibility index (Phi) is 5.58. The van der Waals surface area contributed by atoms with Crippen LogP contribution in [0.4, 0.5) is 0 Å². The van der Waals surface area contributed by atoms with Crippen LogP contribution in [0.3, 0.4) is 0 Å². The fourth-order valence-electron chi connectivity index (χ4n) is 5.93. The van der Waals surface area contributed by atoms with E-state index in [0.29, 0.717) is 25.9 Å². The van der Waals surface area contributed by atoms with Crippen molar-refractivity contribution in [2.24, 2.45) is 17.8 Å². The quantitative estimate of drug-likeness (QED) is 0.677. The summed E-state index contributed by atoms with van der Waals surface area (Å²) in [6, 6.07) is 9.62. The molecular formula is C24H33N3O4. The Hall–Kier alpha value is -2.41. The van der Waals surface area contributed by atoms with Crippen LogP contribution < -0.4 is 10.6 Å². The lowest BCUT2D eigenvalue weighted by atomic mass is 9.57. The number of hydrogen-bond acceptors (Lipinski definition) is 5. The molecule has 7 nitrogen and oxygen atoms in total. The molecule has 1 aromatic carbocycles. The number of nitrogens with zero attached hydrogens (tertiary/aromatic N) is 1. The van der Waals surface area contributed by atoms with Gasteiger partial charge in [-0.25, -0.2) is 0 Å². The molecule has 1 saturated carbocycles. The van der Waals surface area contributed by atoms with Crippen molar-refractivity contribution in [3.05, 3.63) is 35.9 Å². The Morgan fingerprint density at radius 2 is 1.97 bits per heavy atom. The number of likely N-dealkylation sites (N-methyl/N-ethyl adjacent to an activating group) is 1. The minimum atomic E-state index is -0.904. The minimum absolute atomic E-state index is 0.0141. The average Bonchev–Trinajstić information content (AvgIpc) is 3.00. The molecule has 3 aliphatic heterocycles. The summed E-state index contributed by atoms with van der Waals surface area (Å²) in [6.45, 7) is 6.68. The second-order valence-corrected chi connectivity index (χ2v) is 10.1. The molecule has 2 amide bonds. The van der Waals surface area contributed by atoms with Gasteiger partial charge in [-0.1, -0.05) is 30.3 Å². The van der Waals surface area contributed by atoms with E-state index in [1.54, 1.807) is 11.9 Å². The zero-order valence-corrected chi connectivity index (χ0v) is 18.8. The Bertz CT molecular complexity index is 865. The molecular weight excluding hydrogens is 394 g/mol. The summed E-state index contributed by atoms with van der Waals surface area (Å²) in [4.78, 5) is 40.8. The molecule has 0 radical (unpaired) electrons. The number of carbonyl (C=O) groups excluding carboxylic acids is 3. The third kappa shape index (κ3) is 3.73. The zero-order valence-electron chi connectivity index (χ0n) is 18.8. The highest BCUT2D eigenvalue weighted by Crippen LogP contribution is 2.54. The Balaban J connectivity index is 1.53. The number of carbonyl (C=O) groups is 3. The highest BCUT2D eigenvalue weighted by atomic mass is 16.6. The van der Waals surface area contributed by atoms with Gasteiger partial charge in [0.1, 0.15) is 11.1 Å². The number of ether oxygens (including phenoxy) is 1. The van der Waals surface area contributed by atoms with Crippen LogP contribution in [-0.4, -0.2) is 53.5 Å². The lowest BCUT2D eigenvalue weighted by Gasteiger charge is -2.58. The number of rotatable bonds is 6. The van der Waals surface area contributed by atoms with Gasteiger partial charge >= 0.3 is 5.97 Å². The standard InChI is InChI=1S/C24H33N3O4/c1-23(2,3)31-19(28)11-10-17-18-12-16-14-25-20(17)24(16,27(4)21(18)29)22(30)26-13-15-8-6-5-7-9-15/h5-9,16-18,20,25H,10-14H2,1-4H3,(H,26,30)/t16-,17+,18+,20-,24-/m0/s1. The van der Waals surface area contributed by atoms with Crippen LogP contribution in [0.2, 0.25) is 0 Å². The SMILES string of the molecule is CN1C(=O)[C@@H]2C[C@H]3CN[C@@H]([C@@H]2CCC(=O)OC(C)(C)C)[C@]31C(=O)NCc1ccccc1. The van der Waals surface area contributed by atoms with E-state index in [9.17, 15) is 14.4 Å². The van der Waals surface area contributed by atoms with E-state index in [4.69, 9.17) is 4.74 Å². The lowest BCUT2D eigenvalue weighted by Crippen LogP contribution is -2.77. The third-order valence-electron chi connectivity index (χ3n) is 7.13. The van der Waals surface area contributed by atoms with Crippen LogP contribution in [0.1, 0.15) is 45.6 Å². The second kappa shape index (κ2) is 7.93. The summed E-state index contributed by atoms with van der Waals surface area (Å²) >= 11 is 0. The van der Waals surface area contributed by atoms with Crippen LogP contribution in [0, 0.1) is 17.8 Å². The number of hydrogen-bond donors (Lipinski definition) is 2. The van der Waals surface area contributed by atoms with Gasteiger partial charge in [-0.15, -0.1) is 0 Å². The van der Waals surface area contributed by atoms with Crippen molar-refractivity contribution < 1.29 is 19.1 Å². The van der Waals surface area contributed by atoms with E-state index in [-0.39, 0.29) is 48.0 Å². The summed E-state index contributed by atoms with van der Waals surface area (Å²) < 4.78 is 5.46. The summed E-state index contributed by atoms with van der Waals surface area (Å²) in [5.74, 6) is -0.475. The number of piperidine rings is 2. The van der Waals surface area contributed by atoms with Crippen LogP contribution in [-0.2, 0) is 25.7 Å². The molecule has 7 heteroatoms. The topological polar surface area (TPSA) is 87.7 Å². The molecule has 0 unspecified atom stereocenters. The smallest absolute Gasteiger partial charge is 0.306 e. The van der Waals surface area contributed by atoms with Crippen molar-refractivity contribution in [3.63, 3.8) is 0 Å². The van der Waals surface area contributed by atoms with Gasteiger partial charge < -0.3 is 20.3 Å². The van der Waals surface area contributed by atoms with Gasteiger partial charge in [0.25, 0.3) is 0 Å². The predicted octanol–water partition coefficient (Wildman–Crippen LogP) is 1.86. The molecule has 3 heterocycles. The second-order valence-electron chi connectivity index (χ2n) is 10.1. The summed E-state index contributed by atoms with van der Waals surface area (Å²) in [7, 11) is 1.76. The van der Waals surface area contributed by atoms with Gasteiger partial charge in [0.05, 0.1) is 0 Å². The Morgan fingerprint density at radius 3 is 2.65 bits per heavy atom. The van der Waals surface area contributed by atoms with Crippen molar-refractivity contribution >= 4 is 17.8 Å². The highest BCUT2D eigenvalue weighted by molar-refractivity contribution is 5.97. The highest BCUT2D eigenvalue weighted by Gasteiger charge is 2.70. The zero-order chi connectivity index (χ0) is 22.4. The maximum atomic E-state index is 13.6. The van der Waals surface area contributed by atoms with Gasteiger partial charge in [-0.2, -0.15) is 0 Å². The number of nitrogens with one attached hydrogen (secondary N) is 2. The van der Waals surface area contributed by atoms with Gasteiger partial charge in [0.2, 0.25) is 11.8 Å². The maximum absolute atomic E-state index is 13.6. The largest absolute Gasteiger partial charge is 0.460 e. The van der Waals surface area contributed by atoms with Crippen molar-refractivity contribution in [1.82, 2.24) is 15.5 Å². The van der Waals surface area contributed by atoms with Crippen molar-refractivity contribution in [2.75, 3.05) is 13.6 Å². The minimum Gasteiger partial charge on any atom is -0.460 e. The molecule has 0 spiro atoms. The van der Waals surface area contributed by atoms with Crippen molar-refractivity contribution in [1.29, 1.82) is 0 Å². The fraction of sp³-hybridized carbons (Fsp3) is 0.625. The normalized spacial score (nSPS) is 31.6.